The topological polar surface area (TPSA) is 98.3 Å². The fraction of sp³-hybridized carbons (Fsp3) is 0. The van der Waals surface area contributed by atoms with E-state index in [-0.39, 0.29) is 15.7 Å². The van der Waals surface area contributed by atoms with Crippen LogP contribution in [0.25, 0.3) is 0 Å². The number of nitro benzene ring substituents is 2. The van der Waals surface area contributed by atoms with Gasteiger partial charge in [0.05, 0.1) is 15.9 Å². The van der Waals surface area contributed by atoms with Crippen molar-refractivity contribution in [3.63, 3.8) is 0 Å². The molecule has 0 aliphatic rings. The van der Waals surface area contributed by atoms with Crippen molar-refractivity contribution in [1.82, 2.24) is 0 Å². The molecule has 0 amide bonds. The molecule has 0 fully saturated rings. The molecule has 0 bridgehead atoms. The van der Waals surface area contributed by atoms with Crippen LogP contribution in [0.1, 0.15) is 0 Å². The maximum atomic E-state index is 10.7. The molecule has 0 aromatic heterocycles. The minimum Gasteiger partial charge on any atom is -0.336 e. The van der Waals surface area contributed by atoms with Crippen LogP contribution >= 0.6 is 24.8 Å². The molecule has 7 nitrogen and oxygen atoms in total. The van der Waals surface area contributed by atoms with Crippen LogP contribution in [0.3, 0.4) is 0 Å². The Morgan fingerprint density at radius 3 is 2.38 bits per heavy atom. The molecule has 0 aliphatic heterocycles. The summed E-state index contributed by atoms with van der Waals surface area (Å²) in [6.07, 6.45) is 0. The second-order valence-corrected chi connectivity index (χ2v) is 3.80. The molecule has 1 N–H and O–H groups in total. The van der Waals surface area contributed by atoms with Gasteiger partial charge in [-0.25, -0.2) is 0 Å². The van der Waals surface area contributed by atoms with Crippen LogP contribution in [-0.2, 0) is 0 Å². The lowest BCUT2D eigenvalue weighted by molar-refractivity contribution is -0.393. The van der Waals surface area contributed by atoms with Gasteiger partial charge in [-0.1, -0.05) is 12.2 Å². The van der Waals surface area contributed by atoms with Crippen molar-refractivity contribution in [2.24, 2.45) is 0 Å². The van der Waals surface area contributed by atoms with Crippen molar-refractivity contribution >= 4 is 46.2 Å². The predicted molar refractivity (Wildman–Crippen MR) is 65.0 cm³/mol. The van der Waals surface area contributed by atoms with Crippen molar-refractivity contribution in [3.05, 3.63) is 38.4 Å². The molecule has 1 aromatic carbocycles. The van der Waals surface area contributed by atoms with E-state index in [4.69, 9.17) is 0 Å². The zero-order chi connectivity index (χ0) is 12.3. The Morgan fingerprint density at radius 1 is 1.31 bits per heavy atom. The minimum absolute atomic E-state index is 0.0388. The van der Waals surface area contributed by atoms with Crippen molar-refractivity contribution in [1.29, 1.82) is 0 Å². The Kier molecular flexibility index (Phi) is 3.74. The summed E-state index contributed by atoms with van der Waals surface area (Å²) in [5, 5.41) is 23.5. The van der Waals surface area contributed by atoms with Crippen LogP contribution in [-0.4, -0.2) is 14.2 Å². The minimum atomic E-state index is -0.735. The first-order chi connectivity index (χ1) is 7.41. The van der Waals surface area contributed by atoms with E-state index >= 15 is 0 Å². The Balaban J connectivity index is 3.24. The molecule has 9 heteroatoms. The van der Waals surface area contributed by atoms with E-state index < -0.39 is 15.5 Å². The molecule has 0 saturated heterocycles. The SMILES string of the molecule is O=[N+]([O-])c1ccc(NC(=S)S)c([N+](=O)[O-])c1. The van der Waals surface area contributed by atoms with Crippen LogP contribution in [0.4, 0.5) is 17.1 Å². The summed E-state index contributed by atoms with van der Waals surface area (Å²) in [6, 6.07) is 3.20. The number of hydrogen-bond donors (Lipinski definition) is 2. The van der Waals surface area contributed by atoms with E-state index in [9.17, 15) is 20.2 Å². The molecule has 0 radical (unpaired) electrons. The van der Waals surface area contributed by atoms with Crippen molar-refractivity contribution in [2.75, 3.05) is 5.32 Å². The lowest BCUT2D eigenvalue weighted by Crippen LogP contribution is -2.04. The number of thiocarbonyl (C=S) groups is 1. The fourth-order valence-corrected chi connectivity index (χ4v) is 1.24. The standard InChI is InChI=1S/C7H5N3O4S2/c11-9(12)4-1-2-5(8-7(15)16)6(3-4)10(13)14/h1-3H,(H2,8,15,16). The number of non-ortho nitro benzene ring substituents is 1. The van der Waals surface area contributed by atoms with Crippen molar-refractivity contribution in [3.8, 4) is 0 Å². The first kappa shape index (κ1) is 12.3. The van der Waals surface area contributed by atoms with E-state index in [0.717, 1.165) is 12.1 Å². The highest BCUT2D eigenvalue weighted by Crippen LogP contribution is 2.29. The summed E-state index contributed by atoms with van der Waals surface area (Å²) >= 11 is 8.36. The van der Waals surface area contributed by atoms with Gasteiger partial charge in [-0.2, -0.15) is 0 Å². The molecule has 1 rings (SSSR count). The monoisotopic (exact) mass is 259 g/mol. The van der Waals surface area contributed by atoms with Gasteiger partial charge >= 0.3 is 0 Å². The van der Waals surface area contributed by atoms with Crippen LogP contribution in [0.5, 0.6) is 0 Å². The van der Waals surface area contributed by atoms with Crippen LogP contribution in [0, 0.1) is 20.2 Å². The van der Waals surface area contributed by atoms with Crippen LogP contribution in [0.2, 0.25) is 0 Å². The Bertz CT molecular complexity index is 477. The number of benzene rings is 1. The predicted octanol–water partition coefficient (Wildman–Crippen LogP) is 2.13. The zero-order valence-electron chi connectivity index (χ0n) is 7.61. The van der Waals surface area contributed by atoms with Gasteiger partial charge in [0.2, 0.25) is 0 Å². The molecule has 0 unspecified atom stereocenters. The summed E-state index contributed by atoms with van der Waals surface area (Å²) < 4.78 is 0.0388. The third kappa shape index (κ3) is 2.87. The van der Waals surface area contributed by atoms with E-state index in [1.165, 1.54) is 6.07 Å². The third-order valence-electron chi connectivity index (χ3n) is 1.63. The molecule has 0 atom stereocenters. The van der Waals surface area contributed by atoms with Gasteiger partial charge in [-0.3, -0.25) is 20.2 Å². The number of rotatable bonds is 3. The number of nitro groups is 2. The average Bonchev–Trinajstić information content (AvgIpc) is 2.16. The van der Waals surface area contributed by atoms with Gasteiger partial charge in [-0.15, -0.1) is 12.6 Å². The second kappa shape index (κ2) is 4.86. The second-order valence-electron chi connectivity index (χ2n) is 2.65. The number of thiol groups is 1. The molecule has 0 saturated carbocycles. The van der Waals surface area contributed by atoms with Crippen LogP contribution < -0.4 is 5.32 Å². The van der Waals surface area contributed by atoms with Gasteiger partial charge in [-0.05, 0) is 6.07 Å². The molecular weight excluding hydrogens is 254 g/mol. The number of anilines is 1. The maximum Gasteiger partial charge on any atom is 0.299 e. The summed E-state index contributed by atoms with van der Waals surface area (Å²) in [7, 11) is 0. The molecule has 1 aromatic rings. The number of nitrogens with one attached hydrogen (secondary N) is 1. The van der Waals surface area contributed by atoms with Gasteiger partial charge in [0.25, 0.3) is 11.4 Å². The third-order valence-corrected chi connectivity index (χ3v) is 1.84. The van der Waals surface area contributed by atoms with Crippen LogP contribution in [0.15, 0.2) is 18.2 Å². The number of nitrogens with zero attached hydrogens (tertiary/aromatic N) is 2. The maximum absolute atomic E-state index is 10.7. The summed E-state index contributed by atoms with van der Waals surface area (Å²) in [4.78, 5) is 19.6. The summed E-state index contributed by atoms with van der Waals surface area (Å²) in [5.41, 5.74) is -0.719. The molecule has 0 spiro atoms. The van der Waals surface area contributed by atoms with Crippen molar-refractivity contribution in [2.45, 2.75) is 0 Å². The summed E-state index contributed by atoms with van der Waals surface area (Å²) in [6.45, 7) is 0. The van der Waals surface area contributed by atoms with E-state index in [1.54, 1.807) is 0 Å². The zero-order valence-corrected chi connectivity index (χ0v) is 9.33. The first-order valence-electron chi connectivity index (χ1n) is 3.84. The van der Waals surface area contributed by atoms with E-state index in [1.807, 2.05) is 0 Å². The molecule has 84 valence electrons. The van der Waals surface area contributed by atoms with Gasteiger partial charge in [0.15, 0.2) is 0 Å². The lowest BCUT2D eigenvalue weighted by Gasteiger charge is -2.03. The van der Waals surface area contributed by atoms with E-state index in [2.05, 4.69) is 30.2 Å². The highest BCUT2D eigenvalue weighted by Gasteiger charge is 2.19. The summed E-state index contributed by atoms with van der Waals surface area (Å²) in [5.74, 6) is 0. The fourth-order valence-electron chi connectivity index (χ4n) is 1.01. The molecular formula is C7H5N3O4S2. The molecule has 16 heavy (non-hydrogen) atoms. The Morgan fingerprint density at radius 2 is 1.94 bits per heavy atom. The quantitative estimate of drug-likeness (QED) is 0.373. The van der Waals surface area contributed by atoms with Crippen molar-refractivity contribution < 1.29 is 9.85 Å². The van der Waals surface area contributed by atoms with Gasteiger partial charge in [0.1, 0.15) is 10.0 Å². The smallest absolute Gasteiger partial charge is 0.299 e. The van der Waals surface area contributed by atoms with Gasteiger partial charge in [0, 0.05) is 6.07 Å². The first-order valence-corrected chi connectivity index (χ1v) is 4.70. The van der Waals surface area contributed by atoms with Gasteiger partial charge < -0.3 is 5.32 Å². The number of hydrogen-bond acceptors (Lipinski definition) is 5. The van der Waals surface area contributed by atoms with E-state index in [0.29, 0.717) is 0 Å². The normalized spacial score (nSPS) is 9.56. The largest absolute Gasteiger partial charge is 0.336 e. The highest BCUT2D eigenvalue weighted by molar-refractivity contribution is 8.11. The molecule has 0 aliphatic carbocycles. The average molecular weight is 259 g/mol. The Labute approximate surface area is 100 Å². The Hall–Kier alpha value is -1.74. The highest BCUT2D eigenvalue weighted by atomic mass is 32.1. The molecule has 0 heterocycles. The lowest BCUT2D eigenvalue weighted by atomic mass is 10.2.